The normalized spacial score (nSPS) is 16.2. The SMILES string of the molecule is CCN1C(=O)/C(=C/c2cc(OC)c(O)c([N+](=O)[O-])c2)SC1=Nc1ccc(C(=O)O)cc1. The van der Waals surface area contributed by atoms with Crippen LogP contribution < -0.4 is 4.74 Å². The van der Waals surface area contributed by atoms with E-state index in [0.29, 0.717) is 23.0 Å². The van der Waals surface area contributed by atoms with E-state index in [-0.39, 0.29) is 22.1 Å². The summed E-state index contributed by atoms with van der Waals surface area (Å²) in [5.74, 6) is -2.06. The lowest BCUT2D eigenvalue weighted by Gasteiger charge is -2.12. The van der Waals surface area contributed by atoms with Crippen LogP contribution >= 0.6 is 11.8 Å². The highest BCUT2D eigenvalue weighted by Crippen LogP contribution is 2.39. The first-order valence-corrected chi connectivity index (χ1v) is 9.75. The Balaban J connectivity index is 1.98. The number of amides is 1. The van der Waals surface area contributed by atoms with E-state index in [1.807, 2.05) is 0 Å². The molecular formula is C20H17N3O7S. The fraction of sp³-hybridized carbons (Fsp3) is 0.150. The number of rotatable bonds is 6. The second kappa shape index (κ2) is 8.88. The van der Waals surface area contributed by atoms with Crippen molar-refractivity contribution in [2.45, 2.75) is 6.92 Å². The number of methoxy groups -OCH3 is 1. The van der Waals surface area contributed by atoms with Crippen LogP contribution in [0.1, 0.15) is 22.8 Å². The quantitative estimate of drug-likeness (QED) is 0.391. The number of carbonyl (C=O) groups is 2. The number of phenolic OH excluding ortho intramolecular Hbond substituents is 1. The van der Waals surface area contributed by atoms with Gasteiger partial charge in [-0.2, -0.15) is 0 Å². The molecule has 10 nitrogen and oxygen atoms in total. The average molecular weight is 443 g/mol. The van der Waals surface area contributed by atoms with Crippen LogP contribution in [0.25, 0.3) is 6.08 Å². The van der Waals surface area contributed by atoms with Crippen LogP contribution in [-0.4, -0.2) is 50.7 Å². The van der Waals surface area contributed by atoms with Gasteiger partial charge in [-0.3, -0.25) is 19.8 Å². The highest BCUT2D eigenvalue weighted by Gasteiger charge is 2.32. The number of phenols is 1. The lowest BCUT2D eigenvalue weighted by molar-refractivity contribution is -0.386. The number of carboxylic acid groups (broad SMARTS) is 1. The van der Waals surface area contributed by atoms with Gasteiger partial charge < -0.3 is 14.9 Å². The Morgan fingerprint density at radius 3 is 2.55 bits per heavy atom. The number of thioether (sulfide) groups is 1. The van der Waals surface area contributed by atoms with Crippen molar-refractivity contribution in [1.29, 1.82) is 0 Å². The van der Waals surface area contributed by atoms with E-state index >= 15 is 0 Å². The van der Waals surface area contributed by atoms with Gasteiger partial charge in [0.1, 0.15) is 0 Å². The number of carboxylic acids is 1. The van der Waals surface area contributed by atoms with Crippen LogP contribution in [0.4, 0.5) is 11.4 Å². The molecule has 31 heavy (non-hydrogen) atoms. The summed E-state index contributed by atoms with van der Waals surface area (Å²) in [5, 5.41) is 30.5. The Bertz CT molecular complexity index is 1130. The molecule has 0 atom stereocenters. The summed E-state index contributed by atoms with van der Waals surface area (Å²) >= 11 is 1.08. The van der Waals surface area contributed by atoms with Gasteiger partial charge in [-0.25, -0.2) is 9.79 Å². The van der Waals surface area contributed by atoms with Gasteiger partial charge >= 0.3 is 11.7 Å². The molecule has 1 aliphatic heterocycles. The number of nitro benzene ring substituents is 1. The predicted octanol–water partition coefficient (Wildman–Crippen LogP) is 3.63. The lowest BCUT2D eigenvalue weighted by Crippen LogP contribution is -2.28. The number of hydrogen-bond acceptors (Lipinski definition) is 8. The highest BCUT2D eigenvalue weighted by molar-refractivity contribution is 8.18. The molecule has 3 rings (SSSR count). The average Bonchev–Trinajstić information content (AvgIpc) is 3.03. The number of nitro groups is 1. The Morgan fingerprint density at radius 1 is 1.32 bits per heavy atom. The molecule has 1 aliphatic rings. The van der Waals surface area contributed by atoms with Crippen LogP contribution in [0.15, 0.2) is 46.3 Å². The van der Waals surface area contributed by atoms with Crippen molar-refractivity contribution in [3.63, 3.8) is 0 Å². The van der Waals surface area contributed by atoms with Gasteiger partial charge in [0.2, 0.25) is 5.75 Å². The van der Waals surface area contributed by atoms with Crippen LogP contribution in [0.2, 0.25) is 0 Å². The van der Waals surface area contributed by atoms with Crippen molar-refractivity contribution in [3.8, 4) is 11.5 Å². The third-order valence-corrected chi connectivity index (χ3v) is 5.34. The number of nitrogens with zero attached hydrogens (tertiary/aromatic N) is 3. The third kappa shape index (κ3) is 4.51. The largest absolute Gasteiger partial charge is 0.500 e. The maximum atomic E-state index is 12.8. The molecule has 1 amide bonds. The van der Waals surface area contributed by atoms with E-state index in [4.69, 9.17) is 9.84 Å². The summed E-state index contributed by atoms with van der Waals surface area (Å²) in [6, 6.07) is 8.43. The van der Waals surface area contributed by atoms with Crippen LogP contribution in [0, 0.1) is 10.1 Å². The zero-order valence-electron chi connectivity index (χ0n) is 16.4. The van der Waals surface area contributed by atoms with Crippen molar-refractivity contribution in [3.05, 3.63) is 62.5 Å². The van der Waals surface area contributed by atoms with Gasteiger partial charge in [-0.05, 0) is 60.7 Å². The Morgan fingerprint density at radius 2 is 2.00 bits per heavy atom. The van der Waals surface area contributed by atoms with E-state index in [2.05, 4.69) is 4.99 Å². The maximum absolute atomic E-state index is 12.8. The molecule has 0 bridgehead atoms. The van der Waals surface area contributed by atoms with Crippen molar-refractivity contribution >= 4 is 46.3 Å². The van der Waals surface area contributed by atoms with E-state index in [9.17, 15) is 24.8 Å². The maximum Gasteiger partial charge on any atom is 0.335 e. The summed E-state index contributed by atoms with van der Waals surface area (Å²) < 4.78 is 4.99. The van der Waals surface area contributed by atoms with Crippen molar-refractivity contribution in [1.82, 2.24) is 4.90 Å². The Labute approximate surface area is 180 Å². The van der Waals surface area contributed by atoms with Gasteiger partial charge in [0.05, 0.1) is 28.2 Å². The fourth-order valence-corrected chi connectivity index (χ4v) is 3.87. The molecule has 2 aromatic rings. The third-order valence-electron chi connectivity index (χ3n) is 4.33. The number of amidine groups is 1. The first-order chi connectivity index (χ1) is 14.7. The van der Waals surface area contributed by atoms with Gasteiger partial charge in [-0.15, -0.1) is 0 Å². The zero-order valence-corrected chi connectivity index (χ0v) is 17.3. The van der Waals surface area contributed by atoms with Gasteiger partial charge in [0, 0.05) is 12.6 Å². The zero-order chi connectivity index (χ0) is 22.7. The van der Waals surface area contributed by atoms with Crippen LogP contribution in [-0.2, 0) is 4.79 Å². The van der Waals surface area contributed by atoms with Gasteiger partial charge in [-0.1, -0.05) is 0 Å². The number of aromatic hydroxyl groups is 1. The van der Waals surface area contributed by atoms with Gasteiger partial charge in [0.15, 0.2) is 10.9 Å². The van der Waals surface area contributed by atoms with E-state index < -0.39 is 22.3 Å². The standard InChI is InChI=1S/C20H17N3O7S/c1-3-22-18(25)16(10-11-8-14(23(28)29)17(24)15(9-11)30-2)31-20(22)21-13-6-4-12(5-7-13)19(26)27/h4-10,24H,3H2,1-2H3,(H,26,27)/b16-10-,21-20?. The fourth-order valence-electron chi connectivity index (χ4n) is 2.80. The van der Waals surface area contributed by atoms with Crippen LogP contribution in [0.5, 0.6) is 11.5 Å². The van der Waals surface area contributed by atoms with E-state index in [1.54, 1.807) is 6.92 Å². The van der Waals surface area contributed by atoms with E-state index in [0.717, 1.165) is 17.8 Å². The Hall–Kier alpha value is -3.86. The number of ether oxygens (including phenoxy) is 1. The molecule has 0 aliphatic carbocycles. The second-order valence-electron chi connectivity index (χ2n) is 6.25. The molecule has 11 heteroatoms. The molecule has 2 N–H and O–H groups in total. The van der Waals surface area contributed by atoms with Crippen molar-refractivity contribution in [2.75, 3.05) is 13.7 Å². The summed E-state index contributed by atoms with van der Waals surface area (Å²) in [4.78, 5) is 40.4. The molecule has 1 fully saturated rings. The lowest BCUT2D eigenvalue weighted by atomic mass is 10.1. The number of aromatic carboxylic acids is 1. The van der Waals surface area contributed by atoms with Gasteiger partial charge in [0.25, 0.3) is 5.91 Å². The molecule has 160 valence electrons. The number of likely N-dealkylation sites (N-methyl/N-ethyl adjacent to an activating group) is 1. The first kappa shape index (κ1) is 21.8. The minimum Gasteiger partial charge on any atom is -0.500 e. The minimum atomic E-state index is -1.05. The molecule has 1 saturated heterocycles. The summed E-state index contributed by atoms with van der Waals surface area (Å²) in [6.07, 6.45) is 1.46. The molecule has 2 aromatic carbocycles. The molecule has 0 aromatic heterocycles. The summed E-state index contributed by atoms with van der Waals surface area (Å²) in [6.45, 7) is 2.12. The van der Waals surface area contributed by atoms with Crippen molar-refractivity contribution in [2.24, 2.45) is 4.99 Å². The molecule has 0 saturated carbocycles. The second-order valence-corrected chi connectivity index (χ2v) is 7.26. The van der Waals surface area contributed by atoms with Crippen LogP contribution in [0.3, 0.4) is 0 Å². The smallest absolute Gasteiger partial charge is 0.335 e. The number of benzene rings is 2. The first-order valence-electron chi connectivity index (χ1n) is 8.94. The predicted molar refractivity (Wildman–Crippen MR) is 115 cm³/mol. The molecule has 0 spiro atoms. The highest BCUT2D eigenvalue weighted by atomic mass is 32.2. The topological polar surface area (TPSA) is 143 Å². The number of carbonyl (C=O) groups excluding carboxylic acids is 1. The Kier molecular flexibility index (Phi) is 6.25. The van der Waals surface area contributed by atoms with E-state index in [1.165, 1.54) is 48.4 Å². The van der Waals surface area contributed by atoms with Crippen molar-refractivity contribution < 1.29 is 29.5 Å². The molecule has 1 heterocycles. The number of aliphatic imine (C=N–C) groups is 1. The number of hydrogen-bond donors (Lipinski definition) is 2. The monoisotopic (exact) mass is 443 g/mol. The molecule has 0 radical (unpaired) electrons. The summed E-state index contributed by atoms with van der Waals surface area (Å²) in [5.41, 5.74) is 0.360. The molecule has 0 unspecified atom stereocenters. The molecular weight excluding hydrogens is 426 g/mol. The minimum absolute atomic E-state index is 0.0868. The summed E-state index contributed by atoms with van der Waals surface area (Å²) in [7, 11) is 1.27.